The third kappa shape index (κ3) is 4.19. The Labute approximate surface area is 152 Å². The van der Waals surface area contributed by atoms with Crippen molar-refractivity contribution in [2.24, 2.45) is 5.92 Å². The first-order valence-corrected chi connectivity index (χ1v) is 8.79. The fraction of sp³-hybridized carbons (Fsp3) is 0.444. The molecule has 1 aliphatic rings. The van der Waals surface area contributed by atoms with Gasteiger partial charge in [-0.15, -0.1) is 0 Å². The van der Waals surface area contributed by atoms with Gasteiger partial charge < -0.3 is 14.8 Å². The van der Waals surface area contributed by atoms with Gasteiger partial charge in [0.2, 0.25) is 5.91 Å². The number of nitrogens with one attached hydrogen (secondary N) is 1. The molecule has 0 aliphatic carbocycles. The summed E-state index contributed by atoms with van der Waals surface area (Å²) in [6.07, 6.45) is 6.69. The molecule has 26 heavy (non-hydrogen) atoms. The van der Waals surface area contributed by atoms with Crippen molar-refractivity contribution in [1.82, 2.24) is 14.9 Å². The maximum absolute atomic E-state index is 12.5. The number of rotatable bonds is 6. The smallest absolute Gasteiger partial charge is 0.292 e. The summed E-state index contributed by atoms with van der Waals surface area (Å²) in [4.78, 5) is 29.3. The summed E-state index contributed by atoms with van der Waals surface area (Å²) < 4.78 is 1.93. The minimum atomic E-state index is -0.355. The van der Waals surface area contributed by atoms with Gasteiger partial charge in [-0.05, 0) is 25.8 Å². The molecular formula is C18H23N5O3. The minimum Gasteiger partial charge on any atom is -0.366 e. The number of piperidine rings is 1. The lowest BCUT2D eigenvalue weighted by Gasteiger charge is -2.33. The largest absolute Gasteiger partial charge is 0.366 e. The number of imidazole rings is 1. The van der Waals surface area contributed by atoms with E-state index in [9.17, 15) is 14.9 Å². The van der Waals surface area contributed by atoms with E-state index in [1.54, 1.807) is 30.7 Å². The molecule has 1 atom stereocenters. The normalized spacial score (nSPS) is 16.3. The van der Waals surface area contributed by atoms with Gasteiger partial charge in [-0.1, -0.05) is 12.1 Å². The number of hydrogen-bond acceptors (Lipinski definition) is 5. The molecule has 1 aromatic carbocycles. The van der Waals surface area contributed by atoms with Crippen LogP contribution in [0.3, 0.4) is 0 Å². The standard InChI is InChI=1S/C18H23N5O3/c1-14(12-21-11-8-19-13-21)20-18(24)15-6-9-22(10-7-15)16-4-2-3-5-17(16)23(25)26/h2-5,8,11,13-15H,6-7,9-10,12H2,1H3,(H,20,24)/t14-/m1/s1. The molecule has 0 bridgehead atoms. The maximum Gasteiger partial charge on any atom is 0.292 e. The van der Waals surface area contributed by atoms with Crippen molar-refractivity contribution in [3.05, 3.63) is 53.1 Å². The van der Waals surface area contributed by atoms with E-state index < -0.39 is 0 Å². The van der Waals surface area contributed by atoms with E-state index in [4.69, 9.17) is 0 Å². The molecule has 1 N–H and O–H groups in total. The van der Waals surface area contributed by atoms with Gasteiger partial charge in [0.25, 0.3) is 5.69 Å². The molecule has 0 spiro atoms. The van der Waals surface area contributed by atoms with Gasteiger partial charge in [0.05, 0.1) is 11.3 Å². The molecule has 1 aromatic heterocycles. The van der Waals surface area contributed by atoms with E-state index in [1.807, 2.05) is 22.6 Å². The van der Waals surface area contributed by atoms with Crippen LogP contribution in [0.25, 0.3) is 0 Å². The SMILES string of the molecule is C[C@H](Cn1ccnc1)NC(=O)C1CCN(c2ccccc2[N+](=O)[O-])CC1. The number of anilines is 1. The number of carbonyl (C=O) groups is 1. The molecule has 2 aromatic rings. The topological polar surface area (TPSA) is 93.3 Å². The number of carbonyl (C=O) groups excluding carboxylic acids is 1. The molecule has 1 fully saturated rings. The summed E-state index contributed by atoms with van der Waals surface area (Å²) in [5.74, 6) is -0.000850. The highest BCUT2D eigenvalue weighted by molar-refractivity contribution is 5.79. The molecule has 0 radical (unpaired) electrons. The van der Waals surface area contributed by atoms with E-state index in [-0.39, 0.29) is 28.5 Å². The third-order valence-corrected chi connectivity index (χ3v) is 4.72. The predicted molar refractivity (Wildman–Crippen MR) is 97.9 cm³/mol. The Balaban J connectivity index is 1.53. The fourth-order valence-corrected chi connectivity index (χ4v) is 3.39. The Morgan fingerprint density at radius 3 is 2.77 bits per heavy atom. The van der Waals surface area contributed by atoms with E-state index in [0.717, 1.165) is 0 Å². The number of nitro groups is 1. The molecule has 0 saturated carbocycles. The maximum atomic E-state index is 12.5. The zero-order valence-corrected chi connectivity index (χ0v) is 14.7. The molecule has 138 valence electrons. The monoisotopic (exact) mass is 357 g/mol. The van der Waals surface area contributed by atoms with Gasteiger partial charge in [0.1, 0.15) is 5.69 Å². The van der Waals surface area contributed by atoms with E-state index >= 15 is 0 Å². The predicted octanol–water partition coefficient (Wildman–Crippen LogP) is 2.21. The number of aromatic nitrogens is 2. The van der Waals surface area contributed by atoms with Crippen LogP contribution >= 0.6 is 0 Å². The lowest BCUT2D eigenvalue weighted by Crippen LogP contribution is -2.44. The first-order valence-electron chi connectivity index (χ1n) is 8.79. The number of amides is 1. The molecule has 3 rings (SSSR count). The summed E-state index contributed by atoms with van der Waals surface area (Å²) in [7, 11) is 0. The third-order valence-electron chi connectivity index (χ3n) is 4.72. The fourth-order valence-electron chi connectivity index (χ4n) is 3.39. The summed E-state index contributed by atoms with van der Waals surface area (Å²) >= 11 is 0. The molecule has 1 aliphatic heterocycles. The van der Waals surface area contributed by atoms with Crippen LogP contribution in [0.5, 0.6) is 0 Å². The van der Waals surface area contributed by atoms with Crippen LogP contribution in [0.1, 0.15) is 19.8 Å². The number of hydrogen-bond donors (Lipinski definition) is 1. The first kappa shape index (κ1) is 17.9. The first-order chi connectivity index (χ1) is 12.5. The van der Waals surface area contributed by atoms with Gasteiger partial charge in [0, 0.05) is 50.1 Å². The van der Waals surface area contributed by atoms with Crippen molar-refractivity contribution in [2.75, 3.05) is 18.0 Å². The number of nitro benzene ring substituents is 1. The molecule has 1 amide bonds. The van der Waals surface area contributed by atoms with Crippen molar-refractivity contribution < 1.29 is 9.72 Å². The van der Waals surface area contributed by atoms with Gasteiger partial charge in [-0.3, -0.25) is 14.9 Å². The molecule has 0 unspecified atom stereocenters. The Hall–Kier alpha value is -2.90. The van der Waals surface area contributed by atoms with Crippen molar-refractivity contribution in [2.45, 2.75) is 32.4 Å². The highest BCUT2D eigenvalue weighted by Gasteiger charge is 2.28. The number of benzene rings is 1. The van der Waals surface area contributed by atoms with Crippen LogP contribution in [0.4, 0.5) is 11.4 Å². The highest BCUT2D eigenvalue weighted by Crippen LogP contribution is 2.31. The molecule has 8 heteroatoms. The van der Waals surface area contributed by atoms with Gasteiger partial charge in [0.15, 0.2) is 0 Å². The van der Waals surface area contributed by atoms with Crippen LogP contribution in [0.2, 0.25) is 0 Å². The second-order valence-electron chi connectivity index (χ2n) is 6.68. The minimum absolute atomic E-state index is 0.0185. The van der Waals surface area contributed by atoms with Gasteiger partial charge in [-0.2, -0.15) is 0 Å². The van der Waals surface area contributed by atoms with Crippen molar-refractivity contribution >= 4 is 17.3 Å². The van der Waals surface area contributed by atoms with E-state index in [2.05, 4.69) is 10.3 Å². The Kier molecular flexibility index (Phi) is 5.50. The zero-order valence-electron chi connectivity index (χ0n) is 14.7. The van der Waals surface area contributed by atoms with Crippen LogP contribution in [-0.4, -0.2) is 39.5 Å². The lowest BCUT2D eigenvalue weighted by atomic mass is 9.95. The summed E-state index contributed by atoms with van der Waals surface area (Å²) in [6.45, 7) is 3.93. The summed E-state index contributed by atoms with van der Waals surface area (Å²) in [6, 6.07) is 6.78. The van der Waals surface area contributed by atoms with Gasteiger partial charge in [-0.25, -0.2) is 4.98 Å². The summed E-state index contributed by atoms with van der Waals surface area (Å²) in [5, 5.41) is 14.3. The van der Waals surface area contributed by atoms with E-state index in [0.29, 0.717) is 38.2 Å². The lowest BCUT2D eigenvalue weighted by molar-refractivity contribution is -0.384. The van der Waals surface area contributed by atoms with Crippen LogP contribution < -0.4 is 10.2 Å². The van der Waals surface area contributed by atoms with Crippen molar-refractivity contribution in [3.63, 3.8) is 0 Å². The number of para-hydroxylation sites is 2. The van der Waals surface area contributed by atoms with Crippen molar-refractivity contribution in [1.29, 1.82) is 0 Å². The second-order valence-corrected chi connectivity index (χ2v) is 6.68. The van der Waals surface area contributed by atoms with Crippen LogP contribution in [0, 0.1) is 16.0 Å². The molecule has 1 saturated heterocycles. The average molecular weight is 357 g/mol. The quantitative estimate of drug-likeness (QED) is 0.632. The molecule has 2 heterocycles. The molecule has 8 nitrogen and oxygen atoms in total. The summed E-state index contributed by atoms with van der Waals surface area (Å²) in [5.41, 5.74) is 0.745. The zero-order chi connectivity index (χ0) is 18.5. The van der Waals surface area contributed by atoms with E-state index in [1.165, 1.54) is 6.07 Å². The van der Waals surface area contributed by atoms with Crippen LogP contribution in [-0.2, 0) is 11.3 Å². The molecular weight excluding hydrogens is 334 g/mol. The Morgan fingerprint density at radius 1 is 1.38 bits per heavy atom. The van der Waals surface area contributed by atoms with Gasteiger partial charge >= 0.3 is 0 Å². The van der Waals surface area contributed by atoms with Crippen molar-refractivity contribution in [3.8, 4) is 0 Å². The second kappa shape index (κ2) is 7.99. The highest BCUT2D eigenvalue weighted by atomic mass is 16.6. The Morgan fingerprint density at radius 2 is 2.12 bits per heavy atom. The number of nitrogens with zero attached hydrogens (tertiary/aromatic N) is 4. The van der Waals surface area contributed by atoms with Crippen LogP contribution in [0.15, 0.2) is 43.0 Å². The Bertz CT molecular complexity index is 754. The average Bonchev–Trinajstić information content (AvgIpc) is 3.14.